The van der Waals surface area contributed by atoms with E-state index in [1.807, 2.05) is 0 Å². The van der Waals surface area contributed by atoms with Gasteiger partial charge in [0.25, 0.3) is 0 Å². The molecule has 13 rings (SSSR count). The van der Waals surface area contributed by atoms with E-state index in [2.05, 4.69) is 329 Å². The van der Waals surface area contributed by atoms with E-state index in [0.29, 0.717) is 0 Å². The quantitative estimate of drug-likeness (QED) is 0.108. The molecule has 5 heteroatoms. The van der Waals surface area contributed by atoms with Crippen LogP contribution in [0.15, 0.2) is 314 Å². The van der Waals surface area contributed by atoms with Crippen LogP contribution in [0.3, 0.4) is 0 Å². The molecule has 0 amide bonds. The third kappa shape index (κ3) is 9.32. The molecule has 1 aliphatic rings. The average Bonchev–Trinajstić information content (AvgIpc) is 4.01. The lowest BCUT2D eigenvalue weighted by molar-refractivity contribution is 0.664. The summed E-state index contributed by atoms with van der Waals surface area (Å²) in [6, 6.07) is 103. The van der Waals surface area contributed by atoms with Crippen molar-refractivity contribution in [2.24, 2.45) is 0 Å². The zero-order valence-corrected chi connectivity index (χ0v) is 42.4. The third-order valence-electron chi connectivity index (χ3n) is 14.5. The van der Waals surface area contributed by atoms with Crippen LogP contribution in [0, 0.1) is 0 Å². The van der Waals surface area contributed by atoms with Gasteiger partial charge in [0.15, 0.2) is 11.2 Å². The molecular weight excluding hydrogens is 937 g/mol. The fourth-order valence-electron chi connectivity index (χ4n) is 10.9. The fraction of sp³-hybridized carbons (Fsp3) is 0.0278. The molecule has 1 aromatic heterocycles. The van der Waals surface area contributed by atoms with E-state index in [9.17, 15) is 0 Å². The molecule has 1 heterocycles. The Labute approximate surface area is 450 Å². The second kappa shape index (κ2) is 21.0. The normalized spacial score (nSPS) is 13.0. The van der Waals surface area contributed by atoms with Crippen LogP contribution in [0.25, 0.3) is 38.6 Å². The molecule has 1 atom stereocenters. The number of allylic oxidation sites excluding steroid dienone is 2. The van der Waals surface area contributed by atoms with Crippen molar-refractivity contribution in [3.63, 3.8) is 0 Å². The number of nitrogens with zero attached hydrogens (tertiary/aromatic N) is 4. The summed E-state index contributed by atoms with van der Waals surface area (Å²) >= 11 is 0. The predicted molar refractivity (Wildman–Crippen MR) is 324 cm³/mol. The number of hydrogen-bond donors (Lipinski definition) is 0. The summed E-state index contributed by atoms with van der Waals surface area (Å²) in [5.74, 6) is 0. The Morgan fingerprint density at radius 1 is 0.299 bits per heavy atom. The molecule has 77 heavy (non-hydrogen) atoms. The van der Waals surface area contributed by atoms with Gasteiger partial charge in [-0.25, -0.2) is 0 Å². The maximum absolute atomic E-state index is 7.33. The molecule has 0 fully saturated rings. The van der Waals surface area contributed by atoms with E-state index in [1.54, 1.807) is 0 Å². The lowest BCUT2D eigenvalue weighted by atomic mass is 9.95. The van der Waals surface area contributed by atoms with Crippen molar-refractivity contribution in [2.45, 2.75) is 12.5 Å². The van der Waals surface area contributed by atoms with Crippen LogP contribution < -0.4 is 19.6 Å². The molecule has 0 saturated carbocycles. The zero-order valence-electron chi connectivity index (χ0n) is 42.4. The third-order valence-corrected chi connectivity index (χ3v) is 14.5. The van der Waals surface area contributed by atoms with Crippen LogP contribution in [-0.2, 0) is 0 Å². The van der Waals surface area contributed by atoms with Gasteiger partial charge in [0.05, 0.1) is 17.4 Å². The zero-order chi connectivity index (χ0) is 51.3. The topological polar surface area (TPSA) is 26.1 Å². The van der Waals surface area contributed by atoms with Crippen LogP contribution in [-0.4, -0.2) is 6.04 Å². The number of benzene rings is 11. The number of anilines is 11. The summed E-state index contributed by atoms with van der Waals surface area (Å²) in [5.41, 5.74) is 18.0. The first kappa shape index (κ1) is 46.7. The van der Waals surface area contributed by atoms with Crippen molar-refractivity contribution < 1.29 is 4.42 Å². The minimum Gasteiger partial charge on any atom is -0.452 e. The molecule has 0 bridgehead atoms. The Balaban J connectivity index is 0.852. The molecule has 0 N–H and O–H groups in total. The van der Waals surface area contributed by atoms with Crippen LogP contribution in [0.4, 0.5) is 62.6 Å². The summed E-state index contributed by atoms with van der Waals surface area (Å²) in [6.45, 7) is 0. The summed E-state index contributed by atoms with van der Waals surface area (Å²) in [7, 11) is 0. The van der Waals surface area contributed by atoms with E-state index < -0.39 is 0 Å². The first-order chi connectivity index (χ1) is 38.2. The van der Waals surface area contributed by atoms with Gasteiger partial charge in [-0.05, 0) is 150 Å². The number of rotatable bonds is 14. The van der Waals surface area contributed by atoms with Crippen LogP contribution >= 0.6 is 0 Å². The van der Waals surface area contributed by atoms with Gasteiger partial charge in [-0.1, -0.05) is 188 Å². The summed E-state index contributed by atoms with van der Waals surface area (Å²) in [4.78, 5) is 9.38. The molecule has 0 saturated heterocycles. The predicted octanol–water partition coefficient (Wildman–Crippen LogP) is 20.2. The average molecular weight is 991 g/mol. The van der Waals surface area contributed by atoms with E-state index in [0.717, 1.165) is 102 Å². The first-order valence-electron chi connectivity index (χ1n) is 26.4. The van der Waals surface area contributed by atoms with Gasteiger partial charge < -0.3 is 24.0 Å². The lowest BCUT2D eigenvalue weighted by Crippen LogP contribution is -2.30. The highest BCUT2D eigenvalue weighted by atomic mass is 16.3. The van der Waals surface area contributed by atoms with Gasteiger partial charge in [0.1, 0.15) is 0 Å². The molecule has 368 valence electrons. The van der Waals surface area contributed by atoms with Gasteiger partial charge in [-0.3, -0.25) is 0 Å². The van der Waals surface area contributed by atoms with Gasteiger partial charge in [0.2, 0.25) is 0 Å². The van der Waals surface area contributed by atoms with E-state index in [1.165, 1.54) is 11.1 Å². The molecule has 0 aliphatic heterocycles. The smallest absolute Gasteiger partial charge is 0.159 e. The fourth-order valence-corrected chi connectivity index (χ4v) is 10.9. The van der Waals surface area contributed by atoms with Crippen molar-refractivity contribution >= 4 is 90.1 Å². The van der Waals surface area contributed by atoms with Gasteiger partial charge in [-0.2, -0.15) is 0 Å². The molecule has 12 aromatic rings. The SMILES string of the molecule is C1=CC(N(c2ccccc2)c2cccc3c2oc2c(N(c4ccccc4)c4cccc(-c5cccc(N(c6ccccc6)c6ccccc6)c5)c4)cccc23)CC=C1c1ccc(N(c2ccccc2)c2ccccc2)cc1. The number of para-hydroxylation sites is 8. The molecule has 0 radical (unpaired) electrons. The molecule has 0 spiro atoms. The highest BCUT2D eigenvalue weighted by molar-refractivity contribution is 6.13. The Kier molecular flexibility index (Phi) is 12.7. The largest absolute Gasteiger partial charge is 0.452 e. The van der Waals surface area contributed by atoms with E-state index in [4.69, 9.17) is 4.42 Å². The second-order valence-corrected chi connectivity index (χ2v) is 19.3. The van der Waals surface area contributed by atoms with Crippen LogP contribution in [0.5, 0.6) is 0 Å². The van der Waals surface area contributed by atoms with Gasteiger partial charge in [-0.15, -0.1) is 0 Å². The van der Waals surface area contributed by atoms with Gasteiger partial charge >= 0.3 is 0 Å². The molecule has 11 aromatic carbocycles. The maximum Gasteiger partial charge on any atom is 0.159 e. The monoisotopic (exact) mass is 990 g/mol. The number of furan rings is 1. The minimum absolute atomic E-state index is 0.0277. The van der Waals surface area contributed by atoms with E-state index in [-0.39, 0.29) is 6.04 Å². The highest BCUT2D eigenvalue weighted by Gasteiger charge is 2.27. The second-order valence-electron chi connectivity index (χ2n) is 19.3. The molecule has 1 unspecified atom stereocenters. The highest BCUT2D eigenvalue weighted by Crippen LogP contribution is 2.47. The number of fused-ring (bicyclic) bond motifs is 3. The molecule has 1 aliphatic carbocycles. The maximum atomic E-state index is 7.33. The summed E-state index contributed by atoms with van der Waals surface area (Å²) in [6.07, 6.45) is 7.82. The summed E-state index contributed by atoms with van der Waals surface area (Å²) in [5, 5.41) is 2.12. The summed E-state index contributed by atoms with van der Waals surface area (Å²) < 4.78 is 7.33. The van der Waals surface area contributed by atoms with E-state index >= 15 is 0 Å². The molecule has 5 nitrogen and oxygen atoms in total. The van der Waals surface area contributed by atoms with Crippen molar-refractivity contribution in [2.75, 3.05) is 19.6 Å². The van der Waals surface area contributed by atoms with Crippen molar-refractivity contribution in [3.8, 4) is 11.1 Å². The lowest BCUT2D eigenvalue weighted by Gasteiger charge is -2.33. The van der Waals surface area contributed by atoms with Crippen molar-refractivity contribution in [3.05, 3.63) is 315 Å². The van der Waals surface area contributed by atoms with Gasteiger partial charge in [0, 0.05) is 62.0 Å². The Morgan fingerprint density at radius 2 is 0.675 bits per heavy atom. The van der Waals surface area contributed by atoms with Crippen molar-refractivity contribution in [1.29, 1.82) is 0 Å². The molecular formula is C72H54N4O. The number of hydrogen-bond acceptors (Lipinski definition) is 5. The Bertz CT molecular complexity index is 3930. The standard InChI is InChI=1S/C72H54N4O/c1-7-25-57(26-8-1)73(58-27-9-2-10-28-58)63-47-43-53(44-48-63)54-45-49-64(50-46-54)75(61-33-15-5-16-34-61)69-41-21-39-67-68-40-22-42-70(72(68)77-71(67)69)76(62-35-17-6-18-36-62)66-38-20-24-56(52-66)55-23-19-37-65(51-55)74(59-29-11-3-12-30-59)60-31-13-4-14-32-60/h1-49,51-52,64H,50H2. The minimum atomic E-state index is 0.0277. The Morgan fingerprint density at radius 3 is 1.14 bits per heavy atom. The van der Waals surface area contributed by atoms with Crippen molar-refractivity contribution in [1.82, 2.24) is 0 Å². The first-order valence-corrected chi connectivity index (χ1v) is 26.4. The Hall–Kier alpha value is -10.1. The van der Waals surface area contributed by atoms with Crippen LogP contribution in [0.2, 0.25) is 0 Å². The van der Waals surface area contributed by atoms with Crippen LogP contribution in [0.1, 0.15) is 12.0 Å².